The smallest absolute Gasteiger partial charge is 0.227 e. The van der Waals surface area contributed by atoms with E-state index in [1.165, 1.54) is 17.5 Å². The van der Waals surface area contributed by atoms with Crippen LogP contribution in [0, 0.1) is 0 Å². The van der Waals surface area contributed by atoms with Crippen molar-refractivity contribution in [2.24, 2.45) is 0 Å². The van der Waals surface area contributed by atoms with Gasteiger partial charge in [-0.2, -0.15) is 0 Å². The highest BCUT2D eigenvalue weighted by molar-refractivity contribution is 5.88. The van der Waals surface area contributed by atoms with E-state index < -0.39 is 0 Å². The molecule has 0 fully saturated rings. The quantitative estimate of drug-likeness (QED) is 0.656. The number of aryl methyl sites for hydroxylation is 2. The molecule has 5 heteroatoms. The van der Waals surface area contributed by atoms with Crippen molar-refractivity contribution >= 4 is 16.9 Å². The summed E-state index contributed by atoms with van der Waals surface area (Å²) in [6.45, 7) is 3.58. The lowest BCUT2D eigenvalue weighted by atomic mass is 10.0. The highest BCUT2D eigenvalue weighted by atomic mass is 16.6. The molecule has 0 spiro atoms. The molecule has 5 rings (SSSR count). The summed E-state index contributed by atoms with van der Waals surface area (Å²) in [6, 6.07) is 12.0. The van der Waals surface area contributed by atoms with Crippen LogP contribution >= 0.6 is 0 Å². The van der Waals surface area contributed by atoms with Gasteiger partial charge in [-0.3, -0.25) is 4.79 Å². The van der Waals surface area contributed by atoms with Gasteiger partial charge in [0, 0.05) is 17.5 Å². The zero-order chi connectivity index (χ0) is 19.8. The van der Waals surface area contributed by atoms with E-state index in [1.807, 2.05) is 36.1 Å². The molecule has 1 unspecified atom stereocenters. The summed E-state index contributed by atoms with van der Waals surface area (Å²) in [4.78, 5) is 14.9. The predicted molar refractivity (Wildman–Crippen MR) is 111 cm³/mol. The number of carbonyl (C=O) groups excluding carboxylic acids is 1. The van der Waals surface area contributed by atoms with E-state index in [2.05, 4.69) is 12.1 Å². The first-order valence-electron chi connectivity index (χ1n) is 10.4. The molecule has 1 aromatic heterocycles. The summed E-state index contributed by atoms with van der Waals surface area (Å²) in [7, 11) is 0. The Morgan fingerprint density at radius 3 is 2.76 bits per heavy atom. The number of hydrogen-bond donors (Lipinski definition) is 0. The third-order valence-electron chi connectivity index (χ3n) is 5.94. The SMILES string of the molecule is CCN(CC1COc2ccccc2O1)C(=O)Cc1coc2cc3c(cc12)CCC3. The molecule has 1 aliphatic carbocycles. The molecule has 0 saturated heterocycles. The summed E-state index contributed by atoms with van der Waals surface area (Å²) in [5.41, 5.74) is 4.63. The average molecular weight is 391 g/mol. The van der Waals surface area contributed by atoms with E-state index in [-0.39, 0.29) is 12.0 Å². The molecule has 1 amide bonds. The molecule has 5 nitrogen and oxygen atoms in total. The Kier molecular flexibility index (Phi) is 4.66. The number of para-hydroxylation sites is 2. The molecule has 2 heterocycles. The topological polar surface area (TPSA) is 51.9 Å². The van der Waals surface area contributed by atoms with Gasteiger partial charge in [0.05, 0.1) is 19.2 Å². The van der Waals surface area contributed by atoms with Gasteiger partial charge in [-0.15, -0.1) is 0 Å². The van der Waals surface area contributed by atoms with Gasteiger partial charge in [-0.25, -0.2) is 0 Å². The molecule has 2 aliphatic rings. The number of ether oxygens (including phenoxy) is 2. The Bertz CT molecular complexity index is 1050. The third kappa shape index (κ3) is 3.46. The van der Waals surface area contributed by atoms with E-state index in [1.54, 1.807) is 6.26 Å². The standard InChI is InChI=1S/C24H25NO4/c1-2-25(13-19-15-28-21-8-3-4-9-22(21)29-19)24(26)12-18-14-27-23-11-17-7-5-6-16(17)10-20(18)23/h3-4,8-11,14,19H,2,5-7,12-13,15H2,1H3. The van der Waals surface area contributed by atoms with Crippen LogP contribution in [0.3, 0.4) is 0 Å². The lowest BCUT2D eigenvalue weighted by Crippen LogP contribution is -2.44. The second kappa shape index (κ2) is 7.47. The summed E-state index contributed by atoms with van der Waals surface area (Å²) in [5.74, 6) is 1.58. The Labute approximate surface area is 170 Å². The number of amides is 1. The molecule has 0 radical (unpaired) electrons. The van der Waals surface area contributed by atoms with Crippen LogP contribution in [0.25, 0.3) is 11.0 Å². The fraction of sp³-hybridized carbons (Fsp3) is 0.375. The fourth-order valence-corrected chi connectivity index (χ4v) is 4.37. The second-order valence-corrected chi connectivity index (χ2v) is 7.84. The minimum atomic E-state index is -0.168. The number of fused-ring (bicyclic) bond motifs is 3. The maximum absolute atomic E-state index is 13.0. The Morgan fingerprint density at radius 2 is 1.93 bits per heavy atom. The monoisotopic (exact) mass is 391 g/mol. The van der Waals surface area contributed by atoms with Crippen LogP contribution in [-0.2, 0) is 24.1 Å². The first-order valence-corrected chi connectivity index (χ1v) is 10.4. The number of rotatable bonds is 5. The van der Waals surface area contributed by atoms with Gasteiger partial charge >= 0.3 is 0 Å². The van der Waals surface area contributed by atoms with Gasteiger partial charge < -0.3 is 18.8 Å². The van der Waals surface area contributed by atoms with Crippen molar-refractivity contribution in [1.29, 1.82) is 0 Å². The maximum atomic E-state index is 13.0. The number of carbonyl (C=O) groups is 1. The predicted octanol–water partition coefficient (Wildman–Crippen LogP) is 4.15. The number of benzene rings is 2. The summed E-state index contributed by atoms with van der Waals surface area (Å²) < 4.78 is 17.6. The molecular formula is C24H25NO4. The van der Waals surface area contributed by atoms with E-state index in [4.69, 9.17) is 13.9 Å². The molecule has 3 aromatic rings. The first-order chi connectivity index (χ1) is 14.2. The van der Waals surface area contributed by atoms with Crippen LogP contribution < -0.4 is 9.47 Å². The van der Waals surface area contributed by atoms with Gasteiger partial charge in [0.15, 0.2) is 17.6 Å². The van der Waals surface area contributed by atoms with Gasteiger partial charge in [0.25, 0.3) is 0 Å². The van der Waals surface area contributed by atoms with Gasteiger partial charge in [-0.1, -0.05) is 12.1 Å². The molecule has 150 valence electrons. The second-order valence-electron chi connectivity index (χ2n) is 7.84. The largest absolute Gasteiger partial charge is 0.486 e. The van der Waals surface area contributed by atoms with Crippen molar-refractivity contribution in [3.8, 4) is 11.5 Å². The zero-order valence-corrected chi connectivity index (χ0v) is 16.6. The van der Waals surface area contributed by atoms with Crippen molar-refractivity contribution < 1.29 is 18.7 Å². The van der Waals surface area contributed by atoms with Crippen molar-refractivity contribution in [2.75, 3.05) is 19.7 Å². The maximum Gasteiger partial charge on any atom is 0.227 e. The van der Waals surface area contributed by atoms with Crippen molar-refractivity contribution in [3.05, 3.63) is 59.4 Å². The molecule has 2 aromatic carbocycles. The van der Waals surface area contributed by atoms with Gasteiger partial charge in [0.1, 0.15) is 12.2 Å². The summed E-state index contributed by atoms with van der Waals surface area (Å²) >= 11 is 0. The summed E-state index contributed by atoms with van der Waals surface area (Å²) in [5, 5.41) is 1.07. The number of nitrogens with zero attached hydrogens (tertiary/aromatic N) is 1. The normalized spacial score (nSPS) is 17.3. The Morgan fingerprint density at radius 1 is 1.14 bits per heavy atom. The van der Waals surface area contributed by atoms with Crippen LogP contribution in [0.2, 0.25) is 0 Å². The number of furan rings is 1. The van der Waals surface area contributed by atoms with Crippen LogP contribution in [0.15, 0.2) is 47.1 Å². The van der Waals surface area contributed by atoms with Gasteiger partial charge in [-0.05, 0) is 61.6 Å². The molecule has 0 N–H and O–H groups in total. The highest BCUT2D eigenvalue weighted by Gasteiger charge is 2.25. The van der Waals surface area contributed by atoms with E-state index in [9.17, 15) is 4.79 Å². The summed E-state index contributed by atoms with van der Waals surface area (Å²) in [6.07, 6.45) is 5.35. The van der Waals surface area contributed by atoms with E-state index in [0.717, 1.165) is 40.9 Å². The van der Waals surface area contributed by atoms with Gasteiger partial charge in [0.2, 0.25) is 5.91 Å². The van der Waals surface area contributed by atoms with Crippen LogP contribution in [0.1, 0.15) is 30.0 Å². The molecule has 1 aliphatic heterocycles. The van der Waals surface area contributed by atoms with Crippen LogP contribution in [0.5, 0.6) is 11.5 Å². The van der Waals surface area contributed by atoms with Crippen LogP contribution in [0.4, 0.5) is 0 Å². The van der Waals surface area contributed by atoms with Crippen molar-refractivity contribution in [3.63, 3.8) is 0 Å². The molecule has 0 bridgehead atoms. The Balaban J connectivity index is 1.29. The molecular weight excluding hydrogens is 366 g/mol. The highest BCUT2D eigenvalue weighted by Crippen LogP contribution is 2.32. The minimum absolute atomic E-state index is 0.0816. The zero-order valence-electron chi connectivity index (χ0n) is 16.6. The van der Waals surface area contributed by atoms with Crippen molar-refractivity contribution in [2.45, 2.75) is 38.7 Å². The number of likely N-dealkylation sites (N-methyl/N-ethyl adjacent to an activating group) is 1. The van der Waals surface area contributed by atoms with Crippen LogP contribution in [-0.4, -0.2) is 36.6 Å². The number of hydrogen-bond acceptors (Lipinski definition) is 4. The molecule has 1 atom stereocenters. The lowest BCUT2D eigenvalue weighted by Gasteiger charge is -2.31. The van der Waals surface area contributed by atoms with Crippen molar-refractivity contribution in [1.82, 2.24) is 4.90 Å². The fourth-order valence-electron chi connectivity index (χ4n) is 4.37. The average Bonchev–Trinajstić information content (AvgIpc) is 3.36. The third-order valence-corrected chi connectivity index (χ3v) is 5.94. The molecule has 29 heavy (non-hydrogen) atoms. The Hall–Kier alpha value is -2.95. The van der Waals surface area contributed by atoms with E-state index >= 15 is 0 Å². The lowest BCUT2D eigenvalue weighted by molar-refractivity contribution is -0.131. The minimum Gasteiger partial charge on any atom is -0.486 e. The van der Waals surface area contributed by atoms with E-state index in [0.29, 0.717) is 26.1 Å². The molecule has 0 saturated carbocycles. The first kappa shape index (κ1) is 18.1.